The van der Waals surface area contributed by atoms with E-state index in [9.17, 15) is 9.59 Å². The molecule has 1 heterocycles. The summed E-state index contributed by atoms with van der Waals surface area (Å²) >= 11 is 0. The Hall–Kier alpha value is -2.08. The van der Waals surface area contributed by atoms with Gasteiger partial charge in [0.25, 0.3) is 0 Å². The molecule has 126 valence electrons. The number of likely N-dealkylation sites (tertiary alicyclic amines) is 1. The summed E-state index contributed by atoms with van der Waals surface area (Å²) in [5.41, 5.74) is 6.41. The van der Waals surface area contributed by atoms with Crippen molar-refractivity contribution < 1.29 is 14.3 Å². The number of amides is 2. The second kappa shape index (κ2) is 8.53. The first kappa shape index (κ1) is 17.3. The van der Waals surface area contributed by atoms with Crippen LogP contribution in [0.3, 0.4) is 0 Å². The maximum absolute atomic E-state index is 12.3. The molecule has 2 amide bonds. The van der Waals surface area contributed by atoms with Gasteiger partial charge in [-0.25, -0.2) is 4.79 Å². The van der Waals surface area contributed by atoms with Crippen molar-refractivity contribution in [1.29, 1.82) is 0 Å². The first-order valence-corrected chi connectivity index (χ1v) is 8.10. The number of likely N-dealkylation sites (N-methyl/N-ethyl adjacent to an activating group) is 1. The topological polar surface area (TPSA) is 75.9 Å². The molecule has 1 aromatic rings. The van der Waals surface area contributed by atoms with Gasteiger partial charge >= 0.3 is 6.09 Å². The van der Waals surface area contributed by atoms with Gasteiger partial charge in [0, 0.05) is 25.7 Å². The minimum absolute atomic E-state index is 0.0150. The van der Waals surface area contributed by atoms with Gasteiger partial charge in [-0.05, 0) is 25.3 Å². The fraction of sp³-hybridized carbons (Fsp3) is 0.529. The molecule has 1 aliphatic heterocycles. The Morgan fingerprint density at radius 2 is 2.09 bits per heavy atom. The predicted octanol–water partition coefficient (Wildman–Crippen LogP) is 1.59. The summed E-state index contributed by atoms with van der Waals surface area (Å²) < 4.78 is 5.37. The smallest absolute Gasteiger partial charge is 0.410 e. The van der Waals surface area contributed by atoms with Gasteiger partial charge in [0.05, 0.1) is 6.54 Å². The molecule has 1 saturated heterocycles. The summed E-state index contributed by atoms with van der Waals surface area (Å²) in [5, 5.41) is 0. The van der Waals surface area contributed by atoms with Crippen LogP contribution in [0, 0.1) is 0 Å². The fourth-order valence-electron chi connectivity index (χ4n) is 2.87. The molecule has 1 atom stereocenters. The van der Waals surface area contributed by atoms with Crippen LogP contribution in [-0.4, -0.2) is 54.0 Å². The van der Waals surface area contributed by atoms with Gasteiger partial charge in [0.15, 0.2) is 0 Å². The molecule has 1 aliphatic rings. The van der Waals surface area contributed by atoms with Crippen molar-refractivity contribution in [3.8, 4) is 0 Å². The van der Waals surface area contributed by atoms with Gasteiger partial charge in [-0.3, -0.25) is 4.79 Å². The van der Waals surface area contributed by atoms with E-state index < -0.39 is 0 Å². The number of carbonyl (C=O) groups excluding carboxylic acids is 2. The molecule has 0 radical (unpaired) electrons. The van der Waals surface area contributed by atoms with Crippen molar-refractivity contribution in [3.63, 3.8) is 0 Å². The van der Waals surface area contributed by atoms with Crippen LogP contribution in [0.5, 0.6) is 0 Å². The Morgan fingerprint density at radius 1 is 1.35 bits per heavy atom. The summed E-state index contributed by atoms with van der Waals surface area (Å²) in [7, 11) is 0. The zero-order chi connectivity index (χ0) is 16.7. The molecule has 0 aromatic heterocycles. The number of hydrogen-bond donors (Lipinski definition) is 1. The minimum atomic E-state index is -0.344. The average Bonchev–Trinajstić information content (AvgIpc) is 3.06. The fourth-order valence-corrected chi connectivity index (χ4v) is 2.87. The molecule has 6 heteroatoms. The SMILES string of the molecule is CCN(CC1CCCN1C(=O)CN)C(=O)OCc1ccccc1. The third-order valence-electron chi connectivity index (χ3n) is 4.15. The molecule has 2 rings (SSSR count). The third kappa shape index (κ3) is 4.69. The summed E-state index contributed by atoms with van der Waals surface area (Å²) in [5.74, 6) is -0.0544. The second-order valence-corrected chi connectivity index (χ2v) is 5.67. The van der Waals surface area contributed by atoms with Crippen molar-refractivity contribution in [3.05, 3.63) is 35.9 Å². The molecule has 1 aromatic carbocycles. The summed E-state index contributed by atoms with van der Waals surface area (Å²) in [6.45, 7) is 3.95. The highest BCUT2D eigenvalue weighted by atomic mass is 16.6. The molecular weight excluding hydrogens is 294 g/mol. The van der Waals surface area contributed by atoms with E-state index in [1.54, 1.807) is 9.80 Å². The zero-order valence-electron chi connectivity index (χ0n) is 13.6. The lowest BCUT2D eigenvalue weighted by Crippen LogP contribution is -2.47. The number of carbonyl (C=O) groups is 2. The normalized spacial score (nSPS) is 17.1. The molecule has 2 N–H and O–H groups in total. The lowest BCUT2D eigenvalue weighted by molar-refractivity contribution is -0.130. The van der Waals surface area contributed by atoms with E-state index in [0.29, 0.717) is 13.1 Å². The van der Waals surface area contributed by atoms with Crippen molar-refractivity contribution in [1.82, 2.24) is 9.80 Å². The molecule has 23 heavy (non-hydrogen) atoms. The minimum Gasteiger partial charge on any atom is -0.445 e. The van der Waals surface area contributed by atoms with Gasteiger partial charge < -0.3 is 20.3 Å². The number of nitrogens with zero attached hydrogens (tertiary/aromatic N) is 2. The van der Waals surface area contributed by atoms with Crippen LogP contribution in [-0.2, 0) is 16.1 Å². The molecule has 0 saturated carbocycles. The van der Waals surface area contributed by atoms with Gasteiger partial charge in [-0.2, -0.15) is 0 Å². The largest absolute Gasteiger partial charge is 0.445 e. The Morgan fingerprint density at radius 3 is 2.74 bits per heavy atom. The van der Waals surface area contributed by atoms with Crippen LogP contribution in [0.15, 0.2) is 30.3 Å². The average molecular weight is 319 g/mol. The Labute approximate surface area is 137 Å². The number of ether oxygens (including phenoxy) is 1. The van der Waals surface area contributed by atoms with Gasteiger partial charge in [-0.15, -0.1) is 0 Å². The van der Waals surface area contributed by atoms with E-state index >= 15 is 0 Å². The van der Waals surface area contributed by atoms with Crippen molar-refractivity contribution in [2.24, 2.45) is 5.73 Å². The maximum Gasteiger partial charge on any atom is 0.410 e. The molecule has 6 nitrogen and oxygen atoms in total. The van der Waals surface area contributed by atoms with Gasteiger partial charge in [0.2, 0.25) is 5.91 Å². The number of benzene rings is 1. The first-order chi connectivity index (χ1) is 11.2. The van der Waals surface area contributed by atoms with Crippen LogP contribution in [0.4, 0.5) is 4.79 Å². The third-order valence-corrected chi connectivity index (χ3v) is 4.15. The zero-order valence-corrected chi connectivity index (χ0v) is 13.6. The van der Waals surface area contributed by atoms with Crippen molar-refractivity contribution >= 4 is 12.0 Å². The highest BCUT2D eigenvalue weighted by Gasteiger charge is 2.30. The highest BCUT2D eigenvalue weighted by Crippen LogP contribution is 2.18. The van der Waals surface area contributed by atoms with E-state index in [2.05, 4.69) is 0 Å². The van der Waals surface area contributed by atoms with Crippen LogP contribution < -0.4 is 5.73 Å². The predicted molar refractivity (Wildman–Crippen MR) is 87.7 cm³/mol. The second-order valence-electron chi connectivity index (χ2n) is 5.67. The van der Waals surface area contributed by atoms with Gasteiger partial charge in [-0.1, -0.05) is 30.3 Å². The van der Waals surface area contributed by atoms with Crippen LogP contribution in [0.25, 0.3) is 0 Å². The molecule has 1 fully saturated rings. The van der Waals surface area contributed by atoms with Crippen LogP contribution in [0.2, 0.25) is 0 Å². The Kier molecular flexibility index (Phi) is 6.40. The number of rotatable bonds is 6. The quantitative estimate of drug-likeness (QED) is 0.864. The lowest BCUT2D eigenvalue weighted by atomic mass is 10.2. The lowest BCUT2D eigenvalue weighted by Gasteiger charge is -2.29. The van der Waals surface area contributed by atoms with Crippen LogP contribution >= 0.6 is 0 Å². The van der Waals surface area contributed by atoms with Gasteiger partial charge in [0.1, 0.15) is 6.61 Å². The Balaban J connectivity index is 1.88. The van der Waals surface area contributed by atoms with E-state index in [1.165, 1.54) is 0 Å². The highest BCUT2D eigenvalue weighted by molar-refractivity contribution is 5.78. The molecular formula is C17H25N3O3. The molecule has 0 spiro atoms. The van der Waals surface area contributed by atoms with E-state index in [0.717, 1.165) is 24.9 Å². The summed E-state index contributed by atoms with van der Waals surface area (Å²) in [6, 6.07) is 9.62. The Bertz CT molecular complexity index is 521. The maximum atomic E-state index is 12.3. The van der Waals surface area contributed by atoms with E-state index in [4.69, 9.17) is 10.5 Å². The van der Waals surface area contributed by atoms with Crippen molar-refractivity contribution in [2.75, 3.05) is 26.2 Å². The van der Waals surface area contributed by atoms with Crippen LogP contribution in [0.1, 0.15) is 25.3 Å². The number of hydrogen-bond acceptors (Lipinski definition) is 4. The van der Waals surface area contributed by atoms with Crippen molar-refractivity contribution in [2.45, 2.75) is 32.4 Å². The monoisotopic (exact) mass is 319 g/mol. The standard InChI is InChI=1S/C17H25N3O3/c1-2-19(12-15-9-6-10-20(15)16(21)11-18)17(22)23-13-14-7-4-3-5-8-14/h3-5,7-8,15H,2,6,9-13,18H2,1H3. The van der Waals surface area contributed by atoms with E-state index in [1.807, 2.05) is 37.3 Å². The number of nitrogens with two attached hydrogens (primary N) is 1. The molecule has 1 unspecified atom stereocenters. The summed E-state index contributed by atoms with van der Waals surface area (Å²) in [4.78, 5) is 27.5. The van der Waals surface area contributed by atoms with E-state index in [-0.39, 0.29) is 31.2 Å². The molecule has 0 bridgehead atoms. The first-order valence-electron chi connectivity index (χ1n) is 8.10. The summed E-state index contributed by atoms with van der Waals surface area (Å²) in [6.07, 6.45) is 1.50. The molecule has 0 aliphatic carbocycles.